The van der Waals surface area contributed by atoms with Crippen LogP contribution in [-0.4, -0.2) is 19.3 Å². The maximum Gasteiger partial charge on any atom is 0.389 e. The zero-order valence-electron chi connectivity index (χ0n) is 12.7. The van der Waals surface area contributed by atoms with Gasteiger partial charge in [0.2, 0.25) is 0 Å². The van der Waals surface area contributed by atoms with E-state index in [1.165, 1.54) is 0 Å². The Morgan fingerprint density at radius 1 is 1.24 bits per heavy atom. The molecule has 1 aromatic carbocycles. The highest BCUT2D eigenvalue weighted by Crippen LogP contribution is 2.27. The lowest BCUT2D eigenvalue weighted by Gasteiger charge is -2.20. The van der Waals surface area contributed by atoms with E-state index in [1.54, 1.807) is 0 Å². The van der Waals surface area contributed by atoms with Crippen molar-refractivity contribution in [3.8, 4) is 5.75 Å². The molecule has 0 amide bonds. The summed E-state index contributed by atoms with van der Waals surface area (Å²) in [6.07, 6.45) is -3.27. The molecule has 0 aliphatic rings. The number of rotatable bonds is 9. The minimum Gasteiger partial charge on any atom is -0.494 e. The van der Waals surface area contributed by atoms with Crippen LogP contribution in [0.25, 0.3) is 0 Å². The first-order valence-corrected chi connectivity index (χ1v) is 7.49. The number of nitrogens with one attached hydrogen (secondary N) is 1. The van der Waals surface area contributed by atoms with Gasteiger partial charge < -0.3 is 10.1 Å². The predicted octanol–water partition coefficient (Wildman–Crippen LogP) is 4.86. The number of halogens is 3. The minimum atomic E-state index is -4.08. The standard InChI is InChI=1S/C16H24F3NO/c1-3-11-20-15(9-6-10-16(17,18)19)13-7-5-8-14(12-13)21-4-2/h5,7-8,12,15,20H,3-4,6,9-11H2,1-2H3. The lowest BCUT2D eigenvalue weighted by atomic mass is 10.0. The van der Waals surface area contributed by atoms with E-state index < -0.39 is 12.6 Å². The SMILES string of the molecule is CCCNC(CCCC(F)(F)F)c1cccc(OCC)c1. The van der Waals surface area contributed by atoms with Gasteiger partial charge in [-0.2, -0.15) is 13.2 Å². The zero-order chi connectivity index (χ0) is 15.7. The molecule has 1 rings (SSSR count). The van der Waals surface area contributed by atoms with Crippen molar-refractivity contribution >= 4 is 0 Å². The van der Waals surface area contributed by atoms with Gasteiger partial charge in [0.15, 0.2) is 0 Å². The summed E-state index contributed by atoms with van der Waals surface area (Å²) in [5.74, 6) is 0.758. The Morgan fingerprint density at radius 3 is 2.62 bits per heavy atom. The number of benzene rings is 1. The second kappa shape index (κ2) is 8.93. The van der Waals surface area contributed by atoms with Crippen LogP contribution in [0, 0.1) is 0 Å². The summed E-state index contributed by atoms with van der Waals surface area (Å²) in [7, 11) is 0. The van der Waals surface area contributed by atoms with E-state index >= 15 is 0 Å². The van der Waals surface area contributed by atoms with Gasteiger partial charge in [0.25, 0.3) is 0 Å². The van der Waals surface area contributed by atoms with Gasteiger partial charge in [0, 0.05) is 12.5 Å². The van der Waals surface area contributed by atoms with E-state index in [4.69, 9.17) is 4.74 Å². The van der Waals surface area contributed by atoms with Crippen molar-refractivity contribution in [1.29, 1.82) is 0 Å². The fraction of sp³-hybridized carbons (Fsp3) is 0.625. The molecule has 5 heteroatoms. The van der Waals surface area contributed by atoms with Gasteiger partial charge in [0.05, 0.1) is 6.61 Å². The monoisotopic (exact) mass is 303 g/mol. The fourth-order valence-corrected chi connectivity index (χ4v) is 2.20. The first kappa shape index (κ1) is 17.8. The maximum atomic E-state index is 12.3. The smallest absolute Gasteiger partial charge is 0.389 e. The molecular formula is C16H24F3NO. The summed E-state index contributed by atoms with van der Waals surface area (Å²) in [6, 6.07) is 7.52. The van der Waals surface area contributed by atoms with E-state index in [-0.39, 0.29) is 12.5 Å². The third-order valence-corrected chi connectivity index (χ3v) is 3.17. The van der Waals surface area contributed by atoms with E-state index in [2.05, 4.69) is 5.32 Å². The molecule has 0 bridgehead atoms. The molecule has 1 unspecified atom stereocenters. The highest BCUT2D eigenvalue weighted by molar-refractivity contribution is 5.30. The minimum absolute atomic E-state index is 0.0623. The van der Waals surface area contributed by atoms with Gasteiger partial charge in [-0.1, -0.05) is 19.1 Å². The number of hydrogen-bond acceptors (Lipinski definition) is 2. The van der Waals surface area contributed by atoms with Crippen LogP contribution in [0.15, 0.2) is 24.3 Å². The molecule has 0 heterocycles. The second-order valence-corrected chi connectivity index (χ2v) is 5.02. The van der Waals surface area contributed by atoms with Crippen LogP contribution in [0.5, 0.6) is 5.75 Å². The molecule has 0 saturated heterocycles. The Balaban J connectivity index is 2.69. The summed E-state index contributed by atoms with van der Waals surface area (Å²) in [4.78, 5) is 0. The molecule has 0 fully saturated rings. The first-order valence-electron chi connectivity index (χ1n) is 7.49. The molecular weight excluding hydrogens is 279 g/mol. The predicted molar refractivity (Wildman–Crippen MR) is 78.6 cm³/mol. The van der Waals surface area contributed by atoms with Gasteiger partial charge >= 0.3 is 6.18 Å². The topological polar surface area (TPSA) is 21.3 Å². The van der Waals surface area contributed by atoms with Crippen molar-refractivity contribution < 1.29 is 17.9 Å². The van der Waals surface area contributed by atoms with Gasteiger partial charge in [0.1, 0.15) is 5.75 Å². The van der Waals surface area contributed by atoms with Gasteiger partial charge in [-0.05, 0) is 50.4 Å². The lowest BCUT2D eigenvalue weighted by Crippen LogP contribution is -2.22. The first-order chi connectivity index (χ1) is 9.96. The Labute approximate surface area is 124 Å². The molecule has 1 aromatic rings. The van der Waals surface area contributed by atoms with Crippen LogP contribution in [0.2, 0.25) is 0 Å². The lowest BCUT2D eigenvalue weighted by molar-refractivity contribution is -0.135. The number of hydrogen-bond donors (Lipinski definition) is 1. The van der Waals surface area contributed by atoms with Crippen LogP contribution >= 0.6 is 0 Å². The van der Waals surface area contributed by atoms with Crippen molar-refractivity contribution in [3.05, 3.63) is 29.8 Å². The Hall–Kier alpha value is -1.23. The highest BCUT2D eigenvalue weighted by atomic mass is 19.4. The summed E-state index contributed by atoms with van der Waals surface area (Å²) < 4.78 is 42.3. The molecule has 0 aliphatic heterocycles. The molecule has 0 aliphatic carbocycles. The Bertz CT molecular complexity index is 407. The molecule has 0 saturated carbocycles. The fourth-order valence-electron chi connectivity index (χ4n) is 2.20. The van der Waals surface area contributed by atoms with E-state index in [0.29, 0.717) is 13.0 Å². The third-order valence-electron chi connectivity index (χ3n) is 3.17. The Morgan fingerprint density at radius 2 is 2.00 bits per heavy atom. The normalized spacial score (nSPS) is 13.2. The van der Waals surface area contributed by atoms with Crippen molar-refractivity contribution in [1.82, 2.24) is 5.32 Å². The average Bonchev–Trinajstić information content (AvgIpc) is 2.42. The van der Waals surface area contributed by atoms with Gasteiger partial charge in [-0.3, -0.25) is 0 Å². The summed E-state index contributed by atoms with van der Waals surface area (Å²) in [6.45, 7) is 5.30. The summed E-state index contributed by atoms with van der Waals surface area (Å²) in [5.41, 5.74) is 0.983. The van der Waals surface area contributed by atoms with Crippen LogP contribution in [0.1, 0.15) is 51.1 Å². The van der Waals surface area contributed by atoms with Crippen molar-refractivity contribution in [2.45, 2.75) is 51.7 Å². The van der Waals surface area contributed by atoms with E-state index in [9.17, 15) is 13.2 Å². The van der Waals surface area contributed by atoms with Crippen LogP contribution < -0.4 is 10.1 Å². The maximum absolute atomic E-state index is 12.3. The zero-order valence-corrected chi connectivity index (χ0v) is 12.7. The summed E-state index contributed by atoms with van der Waals surface area (Å²) >= 11 is 0. The molecule has 0 radical (unpaired) electrons. The van der Waals surface area contributed by atoms with Crippen molar-refractivity contribution in [3.63, 3.8) is 0 Å². The highest BCUT2D eigenvalue weighted by Gasteiger charge is 2.26. The van der Waals surface area contributed by atoms with E-state index in [0.717, 1.165) is 24.3 Å². The van der Waals surface area contributed by atoms with Crippen LogP contribution in [0.3, 0.4) is 0 Å². The quantitative estimate of drug-likeness (QED) is 0.703. The molecule has 1 N–H and O–H groups in total. The van der Waals surface area contributed by atoms with Crippen molar-refractivity contribution in [2.75, 3.05) is 13.2 Å². The average molecular weight is 303 g/mol. The second-order valence-electron chi connectivity index (χ2n) is 5.02. The molecule has 21 heavy (non-hydrogen) atoms. The van der Waals surface area contributed by atoms with Crippen LogP contribution in [0.4, 0.5) is 13.2 Å². The molecule has 120 valence electrons. The van der Waals surface area contributed by atoms with Gasteiger partial charge in [-0.15, -0.1) is 0 Å². The third kappa shape index (κ3) is 7.37. The van der Waals surface area contributed by atoms with Gasteiger partial charge in [-0.25, -0.2) is 0 Å². The molecule has 0 aromatic heterocycles. The number of alkyl halides is 3. The molecule has 2 nitrogen and oxygen atoms in total. The molecule has 0 spiro atoms. The largest absolute Gasteiger partial charge is 0.494 e. The molecule has 1 atom stereocenters. The van der Waals surface area contributed by atoms with Crippen molar-refractivity contribution in [2.24, 2.45) is 0 Å². The van der Waals surface area contributed by atoms with Crippen LogP contribution in [-0.2, 0) is 0 Å². The number of ether oxygens (including phenoxy) is 1. The van der Waals surface area contributed by atoms with E-state index in [1.807, 2.05) is 38.1 Å². The Kier molecular flexibility index (Phi) is 7.57. The summed E-state index contributed by atoms with van der Waals surface area (Å²) in [5, 5.41) is 3.32.